The predicted molar refractivity (Wildman–Crippen MR) is 97.7 cm³/mol. The third-order valence-electron chi connectivity index (χ3n) is 5.07. The summed E-state index contributed by atoms with van der Waals surface area (Å²) < 4.78 is 7.60. The molecule has 26 heavy (non-hydrogen) atoms. The molecule has 1 fully saturated rings. The Morgan fingerprint density at radius 2 is 2.23 bits per heavy atom. The lowest BCUT2D eigenvalue weighted by Crippen LogP contribution is -2.37. The van der Waals surface area contributed by atoms with Gasteiger partial charge in [0.25, 0.3) is 5.91 Å². The number of fused-ring (bicyclic) bond motifs is 1. The Bertz CT molecular complexity index is 894. The van der Waals surface area contributed by atoms with Crippen molar-refractivity contribution < 1.29 is 9.53 Å². The van der Waals surface area contributed by atoms with Gasteiger partial charge in [-0.15, -0.1) is 0 Å². The first-order chi connectivity index (χ1) is 12.8. The highest BCUT2D eigenvalue weighted by Crippen LogP contribution is 2.30. The molecular formula is C19H23N5O2. The zero-order chi connectivity index (χ0) is 17.9. The van der Waals surface area contributed by atoms with Crippen LogP contribution in [0.1, 0.15) is 42.0 Å². The van der Waals surface area contributed by atoms with Crippen molar-refractivity contribution in [1.29, 1.82) is 0 Å². The van der Waals surface area contributed by atoms with Crippen LogP contribution in [0.5, 0.6) is 0 Å². The van der Waals surface area contributed by atoms with E-state index in [1.54, 1.807) is 12.5 Å². The first-order valence-electron chi connectivity index (χ1n) is 9.09. The average molecular weight is 353 g/mol. The van der Waals surface area contributed by atoms with E-state index in [1.165, 1.54) is 0 Å². The number of carbonyl (C=O) groups excluding carboxylic acids is 1. The number of hydrogen-bond acceptors (Lipinski definition) is 4. The van der Waals surface area contributed by atoms with Gasteiger partial charge in [-0.3, -0.25) is 4.79 Å². The molecular weight excluding hydrogens is 330 g/mol. The van der Waals surface area contributed by atoms with Crippen molar-refractivity contribution in [2.45, 2.75) is 32.4 Å². The van der Waals surface area contributed by atoms with E-state index >= 15 is 0 Å². The Kier molecular flexibility index (Phi) is 4.71. The molecule has 1 atom stereocenters. The van der Waals surface area contributed by atoms with Gasteiger partial charge >= 0.3 is 0 Å². The predicted octanol–water partition coefficient (Wildman–Crippen LogP) is 2.68. The van der Waals surface area contributed by atoms with Gasteiger partial charge in [0.1, 0.15) is 5.82 Å². The van der Waals surface area contributed by atoms with E-state index in [0.29, 0.717) is 11.5 Å². The number of imidazole rings is 2. The molecule has 1 aliphatic heterocycles. The number of aromatic amines is 1. The first kappa shape index (κ1) is 16.8. The Hall–Kier alpha value is -2.67. The summed E-state index contributed by atoms with van der Waals surface area (Å²) in [5.41, 5.74) is 2.33. The van der Waals surface area contributed by atoms with Gasteiger partial charge in [-0.25, -0.2) is 9.97 Å². The fourth-order valence-corrected chi connectivity index (χ4v) is 3.61. The van der Waals surface area contributed by atoms with Crippen molar-refractivity contribution in [2.24, 2.45) is 5.92 Å². The molecule has 0 unspecified atom stereocenters. The lowest BCUT2D eigenvalue weighted by Gasteiger charge is -2.31. The molecule has 136 valence electrons. The fraction of sp³-hybridized carbons (Fsp3) is 0.421. The molecule has 0 aliphatic carbocycles. The summed E-state index contributed by atoms with van der Waals surface area (Å²) in [6.07, 6.45) is 7.23. The number of amides is 1. The van der Waals surface area contributed by atoms with Crippen LogP contribution in [-0.2, 0) is 11.3 Å². The highest BCUT2D eigenvalue weighted by molar-refractivity contribution is 5.97. The Morgan fingerprint density at radius 3 is 3.04 bits per heavy atom. The minimum atomic E-state index is -0.126. The summed E-state index contributed by atoms with van der Waals surface area (Å²) in [5, 5.41) is 3.22. The van der Waals surface area contributed by atoms with Crippen molar-refractivity contribution >= 4 is 16.9 Å². The number of nitrogens with one attached hydrogen (secondary N) is 2. The van der Waals surface area contributed by atoms with Crippen LogP contribution in [0.3, 0.4) is 0 Å². The quantitative estimate of drug-likeness (QED) is 0.738. The van der Waals surface area contributed by atoms with Crippen molar-refractivity contribution in [3.05, 3.63) is 48.3 Å². The molecule has 1 saturated heterocycles. The largest absolute Gasteiger partial charge is 0.381 e. The van der Waals surface area contributed by atoms with Gasteiger partial charge in [0, 0.05) is 37.7 Å². The molecule has 1 aliphatic rings. The molecule has 0 bridgehead atoms. The number of carbonyl (C=O) groups is 1. The smallest absolute Gasteiger partial charge is 0.251 e. The minimum Gasteiger partial charge on any atom is -0.381 e. The number of aryl methyl sites for hydroxylation is 1. The van der Waals surface area contributed by atoms with Crippen LogP contribution in [0, 0.1) is 5.92 Å². The number of ether oxygens (including phenoxy) is 1. The second-order valence-corrected chi connectivity index (χ2v) is 6.61. The van der Waals surface area contributed by atoms with Gasteiger partial charge in [0.2, 0.25) is 0 Å². The second-order valence-electron chi connectivity index (χ2n) is 6.61. The van der Waals surface area contributed by atoms with E-state index < -0.39 is 0 Å². The summed E-state index contributed by atoms with van der Waals surface area (Å²) in [4.78, 5) is 24.7. The molecule has 3 aromatic rings. The fourth-order valence-electron chi connectivity index (χ4n) is 3.61. The number of rotatable bonds is 5. The minimum absolute atomic E-state index is 0.0938. The first-order valence-corrected chi connectivity index (χ1v) is 9.09. The van der Waals surface area contributed by atoms with Crippen LogP contribution in [0.25, 0.3) is 11.0 Å². The Morgan fingerprint density at radius 1 is 1.38 bits per heavy atom. The molecule has 0 saturated carbocycles. The normalized spacial score (nSPS) is 16.7. The maximum Gasteiger partial charge on any atom is 0.251 e. The summed E-state index contributed by atoms with van der Waals surface area (Å²) in [6, 6.07) is 5.38. The van der Waals surface area contributed by atoms with Crippen LogP contribution >= 0.6 is 0 Å². The van der Waals surface area contributed by atoms with E-state index in [2.05, 4.69) is 31.8 Å². The van der Waals surface area contributed by atoms with Crippen molar-refractivity contribution in [3.63, 3.8) is 0 Å². The maximum absolute atomic E-state index is 12.9. The van der Waals surface area contributed by atoms with Crippen molar-refractivity contribution in [2.75, 3.05) is 13.2 Å². The molecule has 1 aromatic carbocycles. The molecule has 0 spiro atoms. The molecule has 4 rings (SSSR count). The number of H-pyrrole nitrogens is 1. The van der Waals surface area contributed by atoms with E-state index in [9.17, 15) is 4.79 Å². The molecule has 1 amide bonds. The van der Waals surface area contributed by atoms with E-state index in [0.717, 1.165) is 49.5 Å². The van der Waals surface area contributed by atoms with Gasteiger partial charge in [-0.05, 0) is 43.9 Å². The lowest BCUT2D eigenvalue weighted by molar-refractivity contribution is 0.0498. The van der Waals surface area contributed by atoms with Gasteiger partial charge in [-0.2, -0.15) is 0 Å². The van der Waals surface area contributed by atoms with Gasteiger partial charge in [-0.1, -0.05) is 0 Å². The molecule has 2 N–H and O–H groups in total. The van der Waals surface area contributed by atoms with E-state index in [4.69, 9.17) is 4.74 Å². The number of benzene rings is 1. The summed E-state index contributed by atoms with van der Waals surface area (Å²) >= 11 is 0. The Balaban J connectivity index is 1.61. The van der Waals surface area contributed by atoms with Gasteiger partial charge in [0.15, 0.2) is 0 Å². The second kappa shape index (κ2) is 7.29. The number of hydrogen-bond donors (Lipinski definition) is 2. The molecule has 7 nitrogen and oxygen atoms in total. The Labute approximate surface area is 151 Å². The zero-order valence-corrected chi connectivity index (χ0v) is 14.8. The molecule has 3 heterocycles. The van der Waals surface area contributed by atoms with Crippen LogP contribution in [0.2, 0.25) is 0 Å². The summed E-state index contributed by atoms with van der Waals surface area (Å²) in [5.74, 6) is 1.13. The summed E-state index contributed by atoms with van der Waals surface area (Å²) in [6.45, 7) is 4.36. The number of aromatic nitrogens is 4. The SMILES string of the molecule is CCn1ccnc1[C@@H](NC(=O)c1ccc2nc[nH]c2c1)C1CCOCC1. The highest BCUT2D eigenvalue weighted by atomic mass is 16.5. The molecule has 7 heteroatoms. The van der Waals surface area contributed by atoms with Crippen LogP contribution in [-0.4, -0.2) is 38.6 Å². The average Bonchev–Trinajstić information content (AvgIpc) is 3.34. The zero-order valence-electron chi connectivity index (χ0n) is 14.8. The summed E-state index contributed by atoms with van der Waals surface area (Å²) in [7, 11) is 0. The topological polar surface area (TPSA) is 84.8 Å². The van der Waals surface area contributed by atoms with Crippen molar-refractivity contribution in [3.8, 4) is 0 Å². The van der Waals surface area contributed by atoms with E-state index in [1.807, 2.05) is 24.4 Å². The van der Waals surface area contributed by atoms with Crippen LogP contribution in [0.4, 0.5) is 0 Å². The number of nitrogens with zero attached hydrogens (tertiary/aromatic N) is 3. The standard InChI is InChI=1S/C19H23N5O2/c1-2-24-8-7-20-18(24)17(13-5-9-26-10-6-13)23-19(25)14-3-4-15-16(11-14)22-12-21-15/h3-4,7-8,11-13,17H,2,5-6,9-10H2,1H3,(H,21,22)(H,23,25)/t17-/m0/s1. The van der Waals surface area contributed by atoms with Gasteiger partial charge < -0.3 is 19.6 Å². The van der Waals surface area contributed by atoms with Crippen LogP contribution in [0.15, 0.2) is 36.9 Å². The van der Waals surface area contributed by atoms with Gasteiger partial charge in [0.05, 0.1) is 23.4 Å². The third kappa shape index (κ3) is 3.22. The maximum atomic E-state index is 12.9. The van der Waals surface area contributed by atoms with Crippen LogP contribution < -0.4 is 5.32 Å². The highest BCUT2D eigenvalue weighted by Gasteiger charge is 2.30. The van der Waals surface area contributed by atoms with E-state index in [-0.39, 0.29) is 11.9 Å². The molecule has 0 radical (unpaired) electrons. The molecule has 2 aromatic heterocycles. The monoisotopic (exact) mass is 353 g/mol. The van der Waals surface area contributed by atoms with Crippen molar-refractivity contribution in [1.82, 2.24) is 24.8 Å². The third-order valence-corrected chi connectivity index (χ3v) is 5.07. The lowest BCUT2D eigenvalue weighted by atomic mass is 9.90.